The van der Waals surface area contributed by atoms with Gasteiger partial charge in [0.05, 0.1) is 21.2 Å². The lowest BCUT2D eigenvalue weighted by Gasteiger charge is -2.15. The van der Waals surface area contributed by atoms with Gasteiger partial charge in [-0.05, 0) is 84.3 Å². The number of phenols is 2. The number of rotatable bonds is 8. The lowest BCUT2D eigenvalue weighted by Crippen LogP contribution is -2.42. The molecule has 6 rings (SSSR count). The van der Waals surface area contributed by atoms with Crippen molar-refractivity contribution >= 4 is 82.4 Å². The van der Waals surface area contributed by atoms with Crippen LogP contribution in [-0.2, 0) is 20.2 Å². The van der Waals surface area contributed by atoms with Gasteiger partial charge < -0.3 is 20.8 Å². The van der Waals surface area contributed by atoms with Crippen molar-refractivity contribution in [3.8, 4) is 11.5 Å². The van der Waals surface area contributed by atoms with Crippen LogP contribution in [0.25, 0.3) is 21.5 Å². The molecule has 0 heterocycles. The Kier molecular flexibility index (Phi) is 9.74. The predicted octanol–water partition coefficient (Wildman–Crippen LogP) is 6.28. The summed E-state index contributed by atoms with van der Waals surface area (Å²) in [5.74, 6) is -2.53. The molecule has 0 aliphatic rings. The molecule has 54 heavy (non-hydrogen) atoms. The number of fused-ring (bicyclic) bond motifs is 2. The van der Waals surface area contributed by atoms with Crippen LogP contribution in [0.15, 0.2) is 107 Å². The number of aryl methyl sites for hydroxylation is 2. The molecule has 0 atom stereocenters. The maximum atomic E-state index is 13.1. The van der Waals surface area contributed by atoms with Crippen molar-refractivity contribution in [3.05, 3.63) is 119 Å². The Hall–Kier alpha value is -6.53. The first-order chi connectivity index (χ1) is 25.4. The van der Waals surface area contributed by atoms with Crippen LogP contribution in [-0.4, -0.2) is 54.0 Å². The highest BCUT2D eigenvalue weighted by Crippen LogP contribution is 2.38. The molecule has 17 heteroatoms. The van der Waals surface area contributed by atoms with Gasteiger partial charge in [-0.1, -0.05) is 36.4 Å². The molecule has 4 amide bonds. The minimum atomic E-state index is -4.58. The fourth-order valence-corrected chi connectivity index (χ4v) is 6.80. The molecule has 0 bridgehead atoms. The Bertz CT molecular complexity index is 2600. The van der Waals surface area contributed by atoms with E-state index in [0.717, 1.165) is 12.1 Å². The molecule has 0 aliphatic heterocycles. The number of imide groups is 2. The summed E-state index contributed by atoms with van der Waals surface area (Å²) in [6.45, 7) is 3.48. The van der Waals surface area contributed by atoms with E-state index in [-0.39, 0.29) is 21.9 Å². The summed E-state index contributed by atoms with van der Waals surface area (Å²) >= 11 is 0. The van der Waals surface area contributed by atoms with Gasteiger partial charge in [0.25, 0.3) is 32.1 Å². The number of nitrogens with one attached hydrogen (secondary N) is 4. The van der Waals surface area contributed by atoms with Crippen molar-refractivity contribution < 1.29 is 50.5 Å². The molecule has 6 aromatic carbocycles. The van der Waals surface area contributed by atoms with Gasteiger partial charge >= 0.3 is 6.03 Å². The summed E-state index contributed by atoms with van der Waals surface area (Å²) in [6, 6.07) is 21.6. The van der Waals surface area contributed by atoms with E-state index in [4.69, 9.17) is 0 Å². The first-order valence-electron chi connectivity index (χ1n) is 15.8. The summed E-state index contributed by atoms with van der Waals surface area (Å²) in [7, 11) is -9.16. The fourth-order valence-electron chi connectivity index (χ4n) is 5.73. The van der Waals surface area contributed by atoms with Gasteiger partial charge in [0, 0.05) is 45.4 Å². The van der Waals surface area contributed by atoms with Crippen LogP contribution in [0.3, 0.4) is 0 Å². The number of hydrogen-bond donors (Lipinski definition) is 8. The van der Waals surface area contributed by atoms with Gasteiger partial charge in [0.2, 0.25) is 0 Å². The summed E-state index contributed by atoms with van der Waals surface area (Å²) in [5.41, 5.74) is 2.93. The first kappa shape index (κ1) is 37.2. The highest BCUT2D eigenvalue weighted by Gasteiger charge is 2.20. The number of benzene rings is 6. The third kappa shape index (κ3) is 7.79. The standard InChI is InChI=1S/C37H30N4O11S2/c1-19-9-11-23(15-29(19)38-27-7-3-5-21-13-25(53(47,48)49)17-31(42)33(21)27)35(44)40-37(46)41-36(45)24-12-10-20(2)30(16-24)39-28-8-4-6-22-14-26(54(50,51)52)18-32(43)34(22)28/h3-18,38-39,42-43H,1-2H3,(H,47,48,49)(H,50,51,52)(H2,40,41,44,45,46). The second-order valence-corrected chi connectivity index (χ2v) is 15.0. The molecule has 6 aromatic rings. The number of carbonyl (C=O) groups is 3. The first-order valence-corrected chi connectivity index (χ1v) is 18.7. The number of hydrogen-bond acceptors (Lipinski definition) is 11. The highest BCUT2D eigenvalue weighted by molar-refractivity contribution is 7.86. The Morgan fingerprint density at radius 1 is 0.519 bits per heavy atom. The van der Waals surface area contributed by atoms with Gasteiger partial charge in [-0.25, -0.2) is 4.79 Å². The van der Waals surface area contributed by atoms with Crippen molar-refractivity contribution in [1.82, 2.24) is 10.6 Å². The molecule has 15 nitrogen and oxygen atoms in total. The fraction of sp³-hybridized carbons (Fsp3) is 0.0541. The maximum absolute atomic E-state index is 13.1. The van der Waals surface area contributed by atoms with Crippen LogP contribution < -0.4 is 21.3 Å². The molecule has 276 valence electrons. The number of amides is 4. The molecular formula is C37H30N4O11S2. The van der Waals surface area contributed by atoms with Gasteiger partial charge in [-0.2, -0.15) is 16.8 Å². The van der Waals surface area contributed by atoms with Crippen LogP contribution in [0.1, 0.15) is 31.8 Å². The average Bonchev–Trinajstić information content (AvgIpc) is 3.09. The number of anilines is 4. The van der Waals surface area contributed by atoms with Crippen molar-refractivity contribution in [1.29, 1.82) is 0 Å². The Morgan fingerprint density at radius 2 is 0.907 bits per heavy atom. The molecule has 0 radical (unpaired) electrons. The van der Waals surface area contributed by atoms with Gasteiger partial charge in [-0.3, -0.25) is 29.3 Å². The lowest BCUT2D eigenvalue weighted by molar-refractivity contribution is 0.0944. The Balaban J connectivity index is 1.17. The van der Waals surface area contributed by atoms with E-state index in [1.54, 1.807) is 62.4 Å². The second kappa shape index (κ2) is 14.1. The molecule has 0 fully saturated rings. The van der Waals surface area contributed by atoms with Crippen molar-refractivity contribution in [2.45, 2.75) is 23.6 Å². The zero-order valence-electron chi connectivity index (χ0n) is 28.2. The van der Waals surface area contributed by atoms with Crippen LogP contribution in [0.2, 0.25) is 0 Å². The summed E-state index contributed by atoms with van der Waals surface area (Å²) in [6.07, 6.45) is 0. The molecule has 0 unspecified atom stereocenters. The van der Waals surface area contributed by atoms with E-state index in [2.05, 4.69) is 21.3 Å². The maximum Gasteiger partial charge on any atom is 0.328 e. The quantitative estimate of drug-likeness (QED) is 0.0795. The van der Waals surface area contributed by atoms with E-state index >= 15 is 0 Å². The average molecular weight is 771 g/mol. The van der Waals surface area contributed by atoms with Crippen molar-refractivity contribution in [2.75, 3.05) is 10.6 Å². The second-order valence-electron chi connectivity index (χ2n) is 12.2. The number of aromatic hydroxyl groups is 2. The zero-order chi connectivity index (χ0) is 39.1. The highest BCUT2D eigenvalue weighted by atomic mass is 32.2. The molecule has 0 aromatic heterocycles. The molecule has 0 saturated heterocycles. The minimum Gasteiger partial charge on any atom is -0.507 e. The van der Waals surface area contributed by atoms with Crippen molar-refractivity contribution in [2.24, 2.45) is 0 Å². The molecular weight excluding hydrogens is 741 g/mol. The molecule has 0 aliphatic carbocycles. The van der Waals surface area contributed by atoms with Crippen molar-refractivity contribution in [3.63, 3.8) is 0 Å². The summed E-state index contributed by atoms with van der Waals surface area (Å²) in [4.78, 5) is 38.0. The van der Waals surface area contributed by atoms with Crippen LogP contribution in [0.4, 0.5) is 27.5 Å². The van der Waals surface area contributed by atoms with E-state index in [9.17, 15) is 50.5 Å². The summed E-state index contributed by atoms with van der Waals surface area (Å²) in [5, 5.41) is 32.8. The third-order valence-corrected chi connectivity index (χ3v) is 10.1. The SMILES string of the molecule is Cc1ccc(C(=O)NC(=O)NC(=O)c2ccc(C)c(Nc3cccc4cc(S(=O)(=O)O)cc(O)c34)c2)cc1Nc1cccc2cc(S(=O)(=O)O)cc(O)c12. The van der Waals surface area contributed by atoms with E-state index < -0.39 is 59.4 Å². The summed E-state index contributed by atoms with van der Waals surface area (Å²) < 4.78 is 65.4. The number of carbonyl (C=O) groups excluding carboxylic acids is 3. The third-order valence-electron chi connectivity index (χ3n) is 8.45. The van der Waals surface area contributed by atoms with Gasteiger partial charge in [0.15, 0.2) is 0 Å². The molecule has 0 spiro atoms. The number of phenolic OH excluding ortho intramolecular Hbond substituents is 2. The van der Waals surface area contributed by atoms with Gasteiger partial charge in [0.1, 0.15) is 11.5 Å². The monoisotopic (exact) mass is 770 g/mol. The smallest absolute Gasteiger partial charge is 0.328 e. The topological polar surface area (TPSA) is 249 Å². The Morgan fingerprint density at radius 3 is 1.28 bits per heavy atom. The molecule has 0 saturated carbocycles. The lowest BCUT2D eigenvalue weighted by atomic mass is 10.1. The van der Waals surface area contributed by atoms with Gasteiger partial charge in [-0.15, -0.1) is 0 Å². The van der Waals surface area contributed by atoms with E-state index in [0.29, 0.717) is 44.6 Å². The zero-order valence-corrected chi connectivity index (χ0v) is 29.8. The number of urea groups is 1. The minimum absolute atomic E-state index is 0.0349. The van der Waals surface area contributed by atoms with Crippen LogP contribution in [0.5, 0.6) is 11.5 Å². The van der Waals surface area contributed by atoms with E-state index in [1.165, 1.54) is 36.4 Å². The Labute approximate surface area is 307 Å². The molecule has 8 N–H and O–H groups in total. The largest absolute Gasteiger partial charge is 0.507 e. The predicted molar refractivity (Wildman–Crippen MR) is 200 cm³/mol. The van der Waals surface area contributed by atoms with Crippen LogP contribution >= 0.6 is 0 Å². The normalized spacial score (nSPS) is 11.6. The van der Waals surface area contributed by atoms with E-state index in [1.807, 2.05) is 0 Å². The van der Waals surface area contributed by atoms with Crippen LogP contribution in [0, 0.1) is 13.8 Å².